The van der Waals surface area contributed by atoms with E-state index in [1.807, 2.05) is 29.6 Å². The van der Waals surface area contributed by atoms with E-state index in [9.17, 15) is 4.79 Å². The van der Waals surface area contributed by atoms with Crippen LogP contribution in [-0.4, -0.2) is 16.9 Å². The third-order valence-electron chi connectivity index (χ3n) is 4.42. The lowest BCUT2D eigenvalue weighted by Crippen LogP contribution is -2.41. The van der Waals surface area contributed by atoms with E-state index in [-0.39, 0.29) is 5.91 Å². The molecule has 1 amide bonds. The molecule has 1 aliphatic rings. The second-order valence-corrected chi connectivity index (χ2v) is 7.56. The highest BCUT2D eigenvalue weighted by molar-refractivity contribution is 7.13. The van der Waals surface area contributed by atoms with Crippen molar-refractivity contribution in [1.82, 2.24) is 10.3 Å². The first-order valence-electron chi connectivity index (χ1n) is 8.11. The van der Waals surface area contributed by atoms with Gasteiger partial charge < -0.3 is 5.32 Å². The summed E-state index contributed by atoms with van der Waals surface area (Å²) in [5.74, 6) is 0.650. The molecule has 0 aliphatic heterocycles. The molecule has 3 nitrogen and oxygen atoms in total. The number of halogens is 1. The second-order valence-electron chi connectivity index (χ2n) is 6.27. The van der Waals surface area contributed by atoms with Gasteiger partial charge in [0.05, 0.1) is 12.1 Å². The van der Waals surface area contributed by atoms with Gasteiger partial charge >= 0.3 is 0 Å². The van der Waals surface area contributed by atoms with Gasteiger partial charge in [0.25, 0.3) is 0 Å². The molecule has 1 aliphatic carbocycles. The predicted molar refractivity (Wildman–Crippen MR) is 95.8 cm³/mol. The first-order chi connectivity index (χ1) is 11.1. The Morgan fingerprint density at radius 2 is 2.22 bits per heavy atom. The molecule has 0 bridgehead atoms. The summed E-state index contributed by atoms with van der Waals surface area (Å²) in [7, 11) is 0. The molecule has 1 heterocycles. The van der Waals surface area contributed by atoms with Crippen molar-refractivity contribution in [2.75, 3.05) is 0 Å². The van der Waals surface area contributed by atoms with Crippen molar-refractivity contribution in [1.29, 1.82) is 0 Å². The highest BCUT2D eigenvalue weighted by Crippen LogP contribution is 2.27. The third-order valence-corrected chi connectivity index (χ3v) is 5.60. The number of benzene rings is 1. The molecular weight excluding hydrogens is 328 g/mol. The van der Waals surface area contributed by atoms with Crippen LogP contribution in [0, 0.1) is 5.92 Å². The standard InChI is InChI=1S/C18H21ClN2OS/c1-12-5-2-3-8-16(12)21-17(22)10-15-11-23-18(20-15)13-6-4-7-14(19)9-13/h4,6-7,9,11-12,16H,2-3,5,8,10H2,1H3,(H,21,22)/t12-,16-/m0/s1. The molecule has 2 atom stereocenters. The van der Waals surface area contributed by atoms with Gasteiger partial charge in [-0.1, -0.05) is 43.5 Å². The fourth-order valence-corrected chi connectivity index (χ4v) is 4.10. The first-order valence-corrected chi connectivity index (χ1v) is 9.37. The van der Waals surface area contributed by atoms with Crippen molar-refractivity contribution in [2.24, 2.45) is 5.92 Å². The van der Waals surface area contributed by atoms with Crippen molar-refractivity contribution in [3.8, 4) is 10.6 Å². The number of nitrogens with zero attached hydrogens (tertiary/aromatic N) is 1. The van der Waals surface area contributed by atoms with E-state index in [4.69, 9.17) is 11.6 Å². The third kappa shape index (κ3) is 4.33. The minimum atomic E-state index is 0.0756. The van der Waals surface area contributed by atoms with Crippen molar-refractivity contribution < 1.29 is 4.79 Å². The highest BCUT2D eigenvalue weighted by Gasteiger charge is 2.23. The molecule has 1 N–H and O–H groups in total. The molecule has 1 saturated carbocycles. The molecule has 23 heavy (non-hydrogen) atoms. The Morgan fingerprint density at radius 1 is 1.39 bits per heavy atom. The summed E-state index contributed by atoms with van der Waals surface area (Å²) in [4.78, 5) is 16.8. The monoisotopic (exact) mass is 348 g/mol. The largest absolute Gasteiger partial charge is 0.353 e. The van der Waals surface area contributed by atoms with Gasteiger partial charge in [0.1, 0.15) is 5.01 Å². The lowest BCUT2D eigenvalue weighted by molar-refractivity contribution is -0.121. The van der Waals surface area contributed by atoms with E-state index in [1.54, 1.807) is 11.3 Å². The van der Waals surface area contributed by atoms with E-state index in [2.05, 4.69) is 17.2 Å². The molecule has 122 valence electrons. The number of carbonyl (C=O) groups is 1. The Balaban J connectivity index is 1.61. The number of aromatic nitrogens is 1. The van der Waals surface area contributed by atoms with E-state index >= 15 is 0 Å². The number of carbonyl (C=O) groups excluding carboxylic acids is 1. The molecule has 0 radical (unpaired) electrons. The number of rotatable bonds is 4. The van der Waals surface area contributed by atoms with E-state index in [1.165, 1.54) is 19.3 Å². The zero-order valence-corrected chi connectivity index (χ0v) is 14.8. The number of thiazole rings is 1. The Bertz CT molecular complexity index is 685. The summed E-state index contributed by atoms with van der Waals surface area (Å²) in [6, 6.07) is 7.96. The van der Waals surface area contributed by atoms with Gasteiger partial charge in [-0.25, -0.2) is 4.98 Å². The lowest BCUT2D eigenvalue weighted by atomic mass is 9.86. The minimum absolute atomic E-state index is 0.0756. The maximum absolute atomic E-state index is 12.3. The summed E-state index contributed by atoms with van der Waals surface area (Å²) in [6.07, 6.45) is 5.14. The maximum atomic E-state index is 12.3. The molecule has 2 aromatic rings. The van der Waals surface area contributed by atoms with Gasteiger partial charge in [-0.3, -0.25) is 4.79 Å². The van der Waals surface area contributed by atoms with Crippen LogP contribution in [0.5, 0.6) is 0 Å². The van der Waals surface area contributed by atoms with Crippen LogP contribution in [0.2, 0.25) is 5.02 Å². The van der Waals surface area contributed by atoms with Crippen LogP contribution >= 0.6 is 22.9 Å². The van der Waals surface area contributed by atoms with Gasteiger partial charge in [-0.2, -0.15) is 0 Å². The van der Waals surface area contributed by atoms with E-state index < -0.39 is 0 Å². The summed E-state index contributed by atoms with van der Waals surface area (Å²) in [5, 5.41) is 6.74. The molecule has 0 unspecified atom stereocenters. The topological polar surface area (TPSA) is 42.0 Å². The van der Waals surface area contributed by atoms with Crippen LogP contribution in [-0.2, 0) is 11.2 Å². The normalized spacial score (nSPS) is 21.1. The van der Waals surface area contributed by atoms with Crippen LogP contribution in [0.15, 0.2) is 29.6 Å². The zero-order chi connectivity index (χ0) is 16.2. The van der Waals surface area contributed by atoms with Crippen LogP contribution in [0.1, 0.15) is 38.3 Å². The van der Waals surface area contributed by atoms with Crippen LogP contribution in [0.3, 0.4) is 0 Å². The molecule has 0 spiro atoms. The average Bonchev–Trinajstić information content (AvgIpc) is 2.98. The van der Waals surface area contributed by atoms with E-state index in [0.717, 1.165) is 22.7 Å². The average molecular weight is 349 g/mol. The minimum Gasteiger partial charge on any atom is -0.353 e. The maximum Gasteiger partial charge on any atom is 0.226 e. The van der Waals surface area contributed by atoms with Crippen molar-refractivity contribution in [2.45, 2.75) is 45.1 Å². The number of nitrogens with one attached hydrogen (secondary N) is 1. The molecule has 0 saturated heterocycles. The molecule has 3 rings (SSSR count). The summed E-state index contributed by atoms with van der Waals surface area (Å²) < 4.78 is 0. The lowest BCUT2D eigenvalue weighted by Gasteiger charge is -2.29. The van der Waals surface area contributed by atoms with Crippen molar-refractivity contribution in [3.63, 3.8) is 0 Å². The predicted octanol–water partition coefficient (Wildman–Crippen LogP) is 4.70. The van der Waals surface area contributed by atoms with Crippen LogP contribution in [0.4, 0.5) is 0 Å². The Kier molecular flexibility index (Phi) is 5.34. The van der Waals surface area contributed by atoms with Crippen LogP contribution in [0.25, 0.3) is 10.6 Å². The Labute approximate surface area is 146 Å². The quantitative estimate of drug-likeness (QED) is 0.870. The van der Waals surface area contributed by atoms with E-state index in [0.29, 0.717) is 23.4 Å². The van der Waals surface area contributed by atoms with Gasteiger partial charge in [0.15, 0.2) is 0 Å². The number of hydrogen-bond donors (Lipinski definition) is 1. The van der Waals surface area contributed by atoms with Crippen LogP contribution < -0.4 is 5.32 Å². The summed E-state index contributed by atoms with van der Waals surface area (Å²) in [6.45, 7) is 2.23. The highest BCUT2D eigenvalue weighted by atomic mass is 35.5. The smallest absolute Gasteiger partial charge is 0.226 e. The van der Waals surface area contributed by atoms with Gasteiger partial charge in [0.2, 0.25) is 5.91 Å². The fourth-order valence-electron chi connectivity index (χ4n) is 3.10. The number of amides is 1. The SMILES string of the molecule is C[C@H]1CCCC[C@@H]1NC(=O)Cc1csc(-c2cccc(Cl)c2)n1. The second kappa shape index (κ2) is 7.45. The molecule has 1 aromatic heterocycles. The molecular formula is C18H21ClN2OS. The molecule has 5 heteroatoms. The zero-order valence-electron chi connectivity index (χ0n) is 13.2. The molecule has 1 fully saturated rings. The summed E-state index contributed by atoms with van der Waals surface area (Å²) >= 11 is 7.57. The first kappa shape index (κ1) is 16.5. The molecule has 1 aromatic carbocycles. The fraction of sp³-hybridized carbons (Fsp3) is 0.444. The van der Waals surface area contributed by atoms with Crippen molar-refractivity contribution in [3.05, 3.63) is 40.4 Å². The summed E-state index contributed by atoms with van der Waals surface area (Å²) in [5.41, 5.74) is 1.82. The Morgan fingerprint density at radius 3 is 3.00 bits per heavy atom. The Hall–Kier alpha value is -1.39. The van der Waals surface area contributed by atoms with Gasteiger partial charge in [-0.15, -0.1) is 11.3 Å². The van der Waals surface area contributed by atoms with Gasteiger partial charge in [-0.05, 0) is 30.9 Å². The van der Waals surface area contributed by atoms with Gasteiger partial charge in [0, 0.05) is 22.0 Å². The number of hydrogen-bond acceptors (Lipinski definition) is 3. The van der Waals surface area contributed by atoms with Crippen molar-refractivity contribution >= 4 is 28.8 Å².